The Kier molecular flexibility index (Phi) is 5.32. The first-order chi connectivity index (χ1) is 10.5. The summed E-state index contributed by atoms with van der Waals surface area (Å²) in [5.74, 6) is -1.50. The van der Waals surface area contributed by atoms with Crippen LogP contribution in [0.4, 0.5) is 10.1 Å². The highest BCUT2D eigenvalue weighted by Crippen LogP contribution is 2.20. The number of amides is 2. The maximum atomic E-state index is 13.7. The highest BCUT2D eigenvalue weighted by atomic mass is 19.1. The van der Waals surface area contributed by atoms with E-state index in [-0.39, 0.29) is 19.0 Å². The summed E-state index contributed by atoms with van der Waals surface area (Å²) in [6.07, 6.45) is 0. The summed E-state index contributed by atoms with van der Waals surface area (Å²) in [5.41, 5.74) is 0.512. The molecule has 0 saturated carbocycles. The van der Waals surface area contributed by atoms with Gasteiger partial charge in [-0.3, -0.25) is 9.59 Å². The number of anilines is 1. The molecule has 1 fully saturated rings. The number of piperazine rings is 1. The van der Waals surface area contributed by atoms with Gasteiger partial charge >= 0.3 is 11.8 Å². The van der Waals surface area contributed by atoms with Gasteiger partial charge in [0.1, 0.15) is 5.82 Å². The summed E-state index contributed by atoms with van der Waals surface area (Å²) < 4.78 is 13.7. The molecule has 0 bridgehead atoms. The van der Waals surface area contributed by atoms with Crippen molar-refractivity contribution in [2.75, 3.05) is 51.3 Å². The number of carbonyl (C=O) groups excluding carboxylic acids is 2. The van der Waals surface area contributed by atoms with Gasteiger partial charge in [0, 0.05) is 39.8 Å². The van der Waals surface area contributed by atoms with Crippen molar-refractivity contribution in [1.29, 1.82) is 0 Å². The van der Waals surface area contributed by atoms with Crippen molar-refractivity contribution in [3.8, 4) is 0 Å². The first-order valence-corrected chi connectivity index (χ1v) is 7.19. The molecule has 1 N–H and O–H groups in total. The van der Waals surface area contributed by atoms with Crippen LogP contribution in [0.5, 0.6) is 0 Å². The highest BCUT2D eigenvalue weighted by molar-refractivity contribution is 6.34. The monoisotopic (exact) mass is 309 g/mol. The summed E-state index contributed by atoms with van der Waals surface area (Å²) in [6, 6.07) is 6.50. The zero-order chi connectivity index (χ0) is 16.1. The van der Waals surface area contributed by atoms with Gasteiger partial charge in [0.05, 0.1) is 12.3 Å². The van der Waals surface area contributed by atoms with Gasteiger partial charge in [-0.25, -0.2) is 4.39 Å². The van der Waals surface area contributed by atoms with Gasteiger partial charge in [0.15, 0.2) is 0 Å². The van der Waals surface area contributed by atoms with Crippen molar-refractivity contribution in [3.63, 3.8) is 0 Å². The lowest BCUT2D eigenvalue weighted by Crippen LogP contribution is -2.53. The average Bonchev–Trinajstić information content (AvgIpc) is 2.54. The van der Waals surface area contributed by atoms with Gasteiger partial charge in [-0.1, -0.05) is 12.1 Å². The minimum Gasteiger partial charge on any atom is -0.395 e. The fraction of sp³-hybridized carbons (Fsp3) is 0.467. The molecule has 0 radical (unpaired) electrons. The lowest BCUT2D eigenvalue weighted by Gasteiger charge is -2.36. The number of rotatable bonds is 3. The second-order valence-corrected chi connectivity index (χ2v) is 5.18. The molecule has 120 valence electrons. The zero-order valence-corrected chi connectivity index (χ0v) is 12.5. The fourth-order valence-corrected chi connectivity index (χ4v) is 2.41. The molecule has 1 aromatic carbocycles. The van der Waals surface area contributed by atoms with Crippen LogP contribution in [0.3, 0.4) is 0 Å². The van der Waals surface area contributed by atoms with Crippen LogP contribution >= 0.6 is 0 Å². The Bertz CT molecular complexity index is 545. The van der Waals surface area contributed by atoms with Gasteiger partial charge in [-0.2, -0.15) is 0 Å². The van der Waals surface area contributed by atoms with Crippen molar-refractivity contribution in [2.45, 2.75) is 0 Å². The van der Waals surface area contributed by atoms with Crippen molar-refractivity contribution < 1.29 is 19.1 Å². The Morgan fingerprint density at radius 1 is 1.23 bits per heavy atom. The van der Waals surface area contributed by atoms with E-state index in [1.165, 1.54) is 22.9 Å². The quantitative estimate of drug-likeness (QED) is 0.794. The van der Waals surface area contributed by atoms with Crippen LogP contribution in [0.25, 0.3) is 0 Å². The SMILES string of the molecule is CN(CCO)C(=O)C(=O)N1CCN(c2ccccc2F)CC1. The van der Waals surface area contributed by atoms with E-state index < -0.39 is 11.8 Å². The van der Waals surface area contributed by atoms with E-state index in [4.69, 9.17) is 5.11 Å². The third-order valence-corrected chi connectivity index (χ3v) is 3.73. The number of halogens is 1. The number of aliphatic hydroxyl groups excluding tert-OH is 1. The Hall–Kier alpha value is -2.15. The van der Waals surface area contributed by atoms with Crippen LogP contribution in [0.2, 0.25) is 0 Å². The summed E-state index contributed by atoms with van der Waals surface area (Å²) >= 11 is 0. The summed E-state index contributed by atoms with van der Waals surface area (Å²) in [7, 11) is 1.48. The predicted octanol–water partition coefficient (Wildman–Crippen LogP) is -0.0750. The van der Waals surface area contributed by atoms with E-state index in [9.17, 15) is 14.0 Å². The Morgan fingerprint density at radius 3 is 2.45 bits per heavy atom. The Labute approximate surface area is 128 Å². The van der Waals surface area contributed by atoms with Gasteiger partial charge in [-0.05, 0) is 12.1 Å². The normalized spacial score (nSPS) is 14.9. The minimum atomic E-state index is -0.631. The molecule has 1 aliphatic rings. The summed E-state index contributed by atoms with van der Waals surface area (Å²) in [5, 5.41) is 8.80. The number of nitrogens with zero attached hydrogens (tertiary/aromatic N) is 3. The van der Waals surface area contributed by atoms with Crippen molar-refractivity contribution in [1.82, 2.24) is 9.80 Å². The number of likely N-dealkylation sites (N-methyl/N-ethyl adjacent to an activating group) is 1. The molecule has 2 amide bonds. The molecule has 1 heterocycles. The Balaban J connectivity index is 1.93. The average molecular weight is 309 g/mol. The molecule has 0 atom stereocenters. The van der Waals surface area contributed by atoms with Gasteiger partial charge in [-0.15, -0.1) is 0 Å². The number of aliphatic hydroxyl groups is 1. The van der Waals surface area contributed by atoms with Crippen LogP contribution in [0.1, 0.15) is 0 Å². The van der Waals surface area contributed by atoms with E-state index in [1.807, 2.05) is 4.90 Å². The number of hydrogen-bond donors (Lipinski definition) is 1. The molecule has 0 aliphatic carbocycles. The van der Waals surface area contributed by atoms with Crippen LogP contribution in [-0.2, 0) is 9.59 Å². The molecule has 7 heteroatoms. The maximum absolute atomic E-state index is 13.7. The standard InChI is InChI=1S/C15H20FN3O3/c1-17(10-11-20)14(21)15(22)19-8-6-18(7-9-19)13-5-3-2-4-12(13)16/h2-5,20H,6-11H2,1H3. The van der Waals surface area contributed by atoms with E-state index >= 15 is 0 Å². The topological polar surface area (TPSA) is 64.1 Å². The molecular weight excluding hydrogens is 289 g/mol. The lowest BCUT2D eigenvalue weighted by atomic mass is 10.2. The molecule has 0 spiro atoms. The molecule has 1 saturated heterocycles. The van der Waals surface area contributed by atoms with Crippen molar-refractivity contribution in [3.05, 3.63) is 30.1 Å². The first kappa shape index (κ1) is 16.2. The van der Waals surface area contributed by atoms with Crippen LogP contribution < -0.4 is 4.90 Å². The predicted molar refractivity (Wildman–Crippen MR) is 79.9 cm³/mol. The summed E-state index contributed by atoms with van der Waals surface area (Å²) in [6.45, 7) is 1.63. The second kappa shape index (κ2) is 7.22. The third kappa shape index (κ3) is 3.54. The fourth-order valence-electron chi connectivity index (χ4n) is 2.41. The number of hydrogen-bond acceptors (Lipinski definition) is 4. The van der Waals surface area contributed by atoms with Gasteiger partial charge in [0.2, 0.25) is 0 Å². The molecule has 0 unspecified atom stereocenters. The highest BCUT2D eigenvalue weighted by Gasteiger charge is 2.28. The van der Waals surface area contributed by atoms with E-state index in [0.29, 0.717) is 31.9 Å². The van der Waals surface area contributed by atoms with Gasteiger partial charge in [0.25, 0.3) is 0 Å². The molecule has 1 aromatic rings. The maximum Gasteiger partial charge on any atom is 0.312 e. The largest absolute Gasteiger partial charge is 0.395 e. The first-order valence-electron chi connectivity index (χ1n) is 7.19. The van der Waals surface area contributed by atoms with Crippen molar-refractivity contribution >= 4 is 17.5 Å². The minimum absolute atomic E-state index is 0.125. The molecule has 22 heavy (non-hydrogen) atoms. The lowest BCUT2D eigenvalue weighted by molar-refractivity contribution is -0.151. The second-order valence-electron chi connectivity index (χ2n) is 5.18. The zero-order valence-electron chi connectivity index (χ0n) is 12.5. The molecular formula is C15H20FN3O3. The smallest absolute Gasteiger partial charge is 0.312 e. The molecule has 2 rings (SSSR count). The van der Waals surface area contributed by atoms with E-state index in [0.717, 1.165) is 0 Å². The molecule has 0 aromatic heterocycles. The van der Waals surface area contributed by atoms with Crippen molar-refractivity contribution in [2.24, 2.45) is 0 Å². The third-order valence-electron chi connectivity index (χ3n) is 3.73. The van der Waals surface area contributed by atoms with Crippen LogP contribution in [-0.4, -0.2) is 73.1 Å². The molecule has 1 aliphatic heterocycles. The van der Waals surface area contributed by atoms with E-state index in [2.05, 4.69) is 0 Å². The van der Waals surface area contributed by atoms with Gasteiger partial charge < -0.3 is 19.8 Å². The van der Waals surface area contributed by atoms with E-state index in [1.54, 1.807) is 18.2 Å². The Morgan fingerprint density at radius 2 is 1.86 bits per heavy atom. The van der Waals surface area contributed by atoms with Crippen LogP contribution in [0, 0.1) is 5.82 Å². The van der Waals surface area contributed by atoms with Crippen LogP contribution in [0.15, 0.2) is 24.3 Å². The number of carbonyl (C=O) groups is 2. The summed E-state index contributed by atoms with van der Waals surface area (Å²) in [4.78, 5) is 28.5. The molecule has 6 nitrogen and oxygen atoms in total. The number of benzene rings is 1. The number of para-hydroxylation sites is 1.